The van der Waals surface area contributed by atoms with E-state index in [-0.39, 0.29) is 0 Å². The number of anilines is 3. The Morgan fingerprint density at radius 2 is 0.698 bits per heavy atom. The van der Waals surface area contributed by atoms with Gasteiger partial charge in [0.05, 0.1) is 55.5 Å². The number of hydrogen-bond acceptors (Lipinski definition) is 3. The van der Waals surface area contributed by atoms with E-state index in [9.17, 15) is 0 Å². The standard InChI is InChI=1S/C56H37N7/c1-2-14-38(15-3-1)39-26-32-42(33-27-39)59(49-20-8-10-22-51(49)63-54-25-13-12-24-53(54)62-48-19-7-5-17-46(48)58-56(62)63)43-34-28-40(29-35-43)41-30-36-44(37-31-41)60-50-21-9-11-23-52(50)61-47-18-6-4-16-45(47)57-55(60)61/h1-37H. The van der Waals surface area contributed by atoms with E-state index in [0.717, 1.165) is 95.3 Å². The molecule has 0 saturated carbocycles. The predicted octanol–water partition coefficient (Wildman–Crippen LogP) is 14.0. The van der Waals surface area contributed by atoms with Gasteiger partial charge in [-0.15, -0.1) is 0 Å². The summed E-state index contributed by atoms with van der Waals surface area (Å²) in [7, 11) is 0. The molecule has 0 amide bonds. The average Bonchev–Trinajstić information content (AvgIpc) is 4.09. The third-order valence-corrected chi connectivity index (χ3v) is 12.4. The molecule has 0 N–H and O–H groups in total. The number of benzene rings is 9. The molecule has 0 aliphatic heterocycles. The fourth-order valence-electron chi connectivity index (χ4n) is 9.50. The van der Waals surface area contributed by atoms with Crippen molar-refractivity contribution in [2.75, 3.05) is 4.90 Å². The third-order valence-electron chi connectivity index (χ3n) is 12.4. The molecule has 0 bridgehead atoms. The van der Waals surface area contributed by atoms with E-state index in [0.29, 0.717) is 0 Å². The van der Waals surface area contributed by atoms with Crippen molar-refractivity contribution in [3.05, 3.63) is 224 Å². The summed E-state index contributed by atoms with van der Waals surface area (Å²) in [4.78, 5) is 12.7. The molecule has 0 spiro atoms. The Balaban J connectivity index is 0.931. The maximum absolute atomic E-state index is 5.23. The van der Waals surface area contributed by atoms with Crippen LogP contribution in [0.3, 0.4) is 0 Å². The minimum Gasteiger partial charge on any atom is -0.308 e. The molecule has 7 nitrogen and oxygen atoms in total. The van der Waals surface area contributed by atoms with Crippen molar-refractivity contribution in [2.24, 2.45) is 0 Å². The normalized spacial score (nSPS) is 11.8. The first kappa shape index (κ1) is 35.1. The Morgan fingerprint density at radius 3 is 1.25 bits per heavy atom. The van der Waals surface area contributed by atoms with E-state index < -0.39 is 0 Å². The quantitative estimate of drug-likeness (QED) is 0.161. The lowest BCUT2D eigenvalue weighted by Gasteiger charge is -2.28. The van der Waals surface area contributed by atoms with Gasteiger partial charge in [-0.3, -0.25) is 17.9 Å². The first-order valence-corrected chi connectivity index (χ1v) is 21.3. The van der Waals surface area contributed by atoms with Gasteiger partial charge in [0.2, 0.25) is 11.6 Å². The lowest BCUT2D eigenvalue weighted by Crippen LogP contribution is -2.13. The molecule has 63 heavy (non-hydrogen) atoms. The SMILES string of the molecule is c1ccc(-c2ccc(N(c3ccc(-c4ccc(-n5c6ccccc6n6c7ccccc7nc56)cc4)cc3)c3ccccc3-n3c4ccccc4n4c5ccccc5nc34)cc2)cc1. The Kier molecular flexibility index (Phi) is 7.77. The number of nitrogens with zero attached hydrogens (tertiary/aromatic N) is 7. The summed E-state index contributed by atoms with van der Waals surface area (Å²) in [5.41, 5.74) is 18.4. The van der Waals surface area contributed by atoms with E-state index in [2.05, 4.69) is 241 Å². The summed E-state index contributed by atoms with van der Waals surface area (Å²) in [5, 5.41) is 0. The highest BCUT2D eigenvalue weighted by Gasteiger charge is 2.23. The van der Waals surface area contributed by atoms with Gasteiger partial charge in [-0.05, 0) is 119 Å². The molecule has 0 aliphatic carbocycles. The van der Waals surface area contributed by atoms with Gasteiger partial charge in [-0.25, -0.2) is 9.97 Å². The molecule has 296 valence electrons. The van der Waals surface area contributed by atoms with Crippen LogP contribution in [0.1, 0.15) is 0 Å². The number of rotatable bonds is 7. The van der Waals surface area contributed by atoms with Crippen molar-refractivity contribution in [3.8, 4) is 33.6 Å². The highest BCUT2D eigenvalue weighted by Crippen LogP contribution is 2.42. The second-order valence-electron chi connectivity index (χ2n) is 16.0. The topological polar surface area (TPSA) is 47.7 Å². The van der Waals surface area contributed by atoms with Crippen LogP contribution < -0.4 is 4.90 Å². The molecule has 0 radical (unpaired) electrons. The van der Waals surface area contributed by atoms with Crippen LogP contribution in [-0.2, 0) is 0 Å². The van der Waals surface area contributed by atoms with Crippen LogP contribution in [0.15, 0.2) is 224 Å². The maximum Gasteiger partial charge on any atom is 0.220 e. The molecule has 9 aromatic carbocycles. The highest BCUT2D eigenvalue weighted by atomic mass is 15.2. The summed E-state index contributed by atoms with van der Waals surface area (Å²) < 4.78 is 9.10. The Morgan fingerprint density at radius 1 is 0.302 bits per heavy atom. The predicted molar refractivity (Wildman–Crippen MR) is 258 cm³/mol. The van der Waals surface area contributed by atoms with Gasteiger partial charge in [-0.1, -0.05) is 127 Å². The summed E-state index contributed by atoms with van der Waals surface area (Å²) >= 11 is 0. The van der Waals surface area contributed by atoms with Crippen molar-refractivity contribution < 1.29 is 0 Å². The number of aromatic nitrogens is 6. The van der Waals surface area contributed by atoms with Crippen molar-refractivity contribution in [2.45, 2.75) is 0 Å². The number of para-hydroxylation sites is 10. The van der Waals surface area contributed by atoms with Gasteiger partial charge < -0.3 is 4.90 Å². The van der Waals surface area contributed by atoms with Crippen LogP contribution in [0.5, 0.6) is 0 Å². The van der Waals surface area contributed by atoms with Gasteiger partial charge >= 0.3 is 0 Å². The summed E-state index contributed by atoms with van der Waals surface area (Å²) in [6.45, 7) is 0. The fraction of sp³-hybridized carbons (Fsp3) is 0. The van der Waals surface area contributed by atoms with Crippen molar-refractivity contribution in [1.82, 2.24) is 27.9 Å². The summed E-state index contributed by atoms with van der Waals surface area (Å²) in [6.07, 6.45) is 0. The van der Waals surface area contributed by atoms with Crippen LogP contribution >= 0.6 is 0 Å². The van der Waals surface area contributed by atoms with Crippen LogP contribution in [0.2, 0.25) is 0 Å². The van der Waals surface area contributed by atoms with Crippen LogP contribution in [0.4, 0.5) is 17.1 Å². The monoisotopic (exact) mass is 807 g/mol. The molecular formula is C56H37N7. The zero-order chi connectivity index (χ0) is 41.4. The number of imidazole rings is 4. The highest BCUT2D eigenvalue weighted by molar-refractivity contribution is 5.95. The molecule has 0 atom stereocenters. The molecule has 0 unspecified atom stereocenters. The zero-order valence-electron chi connectivity index (χ0n) is 34.0. The molecule has 0 aliphatic rings. The van der Waals surface area contributed by atoms with Crippen LogP contribution in [0.25, 0.3) is 89.3 Å². The third kappa shape index (κ3) is 5.46. The summed E-state index contributed by atoms with van der Waals surface area (Å²) in [6, 6.07) is 79.7. The van der Waals surface area contributed by atoms with Crippen molar-refractivity contribution >= 4 is 72.8 Å². The van der Waals surface area contributed by atoms with E-state index in [4.69, 9.17) is 9.97 Å². The first-order chi connectivity index (χ1) is 31.3. The maximum atomic E-state index is 5.23. The summed E-state index contributed by atoms with van der Waals surface area (Å²) in [5.74, 6) is 1.78. The second-order valence-corrected chi connectivity index (χ2v) is 16.0. The molecule has 4 aromatic heterocycles. The van der Waals surface area contributed by atoms with Crippen molar-refractivity contribution in [3.63, 3.8) is 0 Å². The van der Waals surface area contributed by atoms with Gasteiger partial charge in [0.15, 0.2) is 0 Å². The fourth-order valence-corrected chi connectivity index (χ4v) is 9.50. The van der Waals surface area contributed by atoms with Gasteiger partial charge in [0, 0.05) is 17.1 Å². The molecule has 4 heterocycles. The minimum atomic E-state index is 0.873. The molecular weight excluding hydrogens is 771 g/mol. The van der Waals surface area contributed by atoms with E-state index in [1.807, 2.05) is 6.07 Å². The molecule has 0 fully saturated rings. The Hall–Kier alpha value is -8.68. The van der Waals surface area contributed by atoms with Crippen LogP contribution in [0, 0.1) is 0 Å². The van der Waals surface area contributed by atoms with Gasteiger partial charge in [0.1, 0.15) is 0 Å². The number of fused-ring (bicyclic) bond motifs is 10. The van der Waals surface area contributed by atoms with E-state index in [1.54, 1.807) is 0 Å². The van der Waals surface area contributed by atoms with E-state index in [1.165, 1.54) is 11.1 Å². The zero-order valence-corrected chi connectivity index (χ0v) is 34.0. The Labute approximate surface area is 362 Å². The minimum absolute atomic E-state index is 0.873. The first-order valence-electron chi connectivity index (χ1n) is 21.3. The second kappa shape index (κ2) is 13.9. The molecule has 13 aromatic rings. The van der Waals surface area contributed by atoms with Gasteiger partial charge in [0.25, 0.3) is 0 Å². The molecule has 13 rings (SSSR count). The van der Waals surface area contributed by atoms with Crippen molar-refractivity contribution in [1.29, 1.82) is 0 Å². The smallest absolute Gasteiger partial charge is 0.220 e. The molecule has 0 saturated heterocycles. The van der Waals surface area contributed by atoms with E-state index >= 15 is 0 Å². The van der Waals surface area contributed by atoms with Gasteiger partial charge in [-0.2, -0.15) is 0 Å². The lowest BCUT2D eigenvalue weighted by atomic mass is 10.0. The van der Waals surface area contributed by atoms with Crippen LogP contribution in [-0.4, -0.2) is 27.9 Å². The average molecular weight is 808 g/mol. The Bertz CT molecular complexity index is 3830. The number of hydrogen-bond donors (Lipinski definition) is 0. The lowest BCUT2D eigenvalue weighted by molar-refractivity contribution is 1.09. The largest absolute Gasteiger partial charge is 0.308 e. The molecule has 7 heteroatoms.